The number of hydrogen-bond donors (Lipinski definition) is 2. The van der Waals surface area contributed by atoms with Gasteiger partial charge >= 0.3 is 0 Å². The number of hydrogen-bond acceptors (Lipinski definition) is 6. The smallest absolute Gasteiger partial charge is 0.277 e. The minimum atomic E-state index is -1.45. The van der Waals surface area contributed by atoms with Gasteiger partial charge < -0.3 is 15.2 Å². The third kappa shape index (κ3) is 5.40. The molecule has 0 bridgehead atoms. The number of phenolic OH excluding ortho intramolecular Hbond substituents is 1. The summed E-state index contributed by atoms with van der Waals surface area (Å²) in [5, 5.41) is 14.7. The highest BCUT2D eigenvalue weighted by Crippen LogP contribution is 2.51. The molecule has 0 saturated heterocycles. The van der Waals surface area contributed by atoms with Crippen LogP contribution in [-0.4, -0.2) is 26.0 Å². The Kier molecular flexibility index (Phi) is 7.51. The van der Waals surface area contributed by atoms with Gasteiger partial charge in [-0.1, -0.05) is 74.0 Å². The van der Waals surface area contributed by atoms with E-state index in [2.05, 4.69) is 24.1 Å². The van der Waals surface area contributed by atoms with E-state index < -0.39 is 22.7 Å². The molecule has 7 nitrogen and oxygen atoms in total. The van der Waals surface area contributed by atoms with Crippen LogP contribution in [0.15, 0.2) is 102 Å². The van der Waals surface area contributed by atoms with E-state index in [1.807, 2.05) is 36.4 Å². The van der Waals surface area contributed by atoms with Gasteiger partial charge in [0.25, 0.3) is 5.91 Å². The summed E-state index contributed by atoms with van der Waals surface area (Å²) in [4.78, 5) is 20.8. The molecule has 4 aromatic rings. The number of pyridine rings is 1. The Morgan fingerprint density at radius 1 is 1.10 bits per heavy atom. The molecule has 6 rings (SSSR count). The zero-order chi connectivity index (χ0) is 29.4. The van der Waals surface area contributed by atoms with Crippen molar-refractivity contribution >= 4 is 39.7 Å². The lowest BCUT2D eigenvalue weighted by atomic mass is 9.88. The normalized spacial score (nSPS) is 19.3. The van der Waals surface area contributed by atoms with E-state index >= 15 is 0 Å². The van der Waals surface area contributed by atoms with Crippen LogP contribution in [-0.2, 0) is 17.4 Å². The zero-order valence-corrected chi connectivity index (χ0v) is 24.8. The molecule has 0 spiro atoms. The summed E-state index contributed by atoms with van der Waals surface area (Å²) in [5.41, 5.74) is 3.16. The summed E-state index contributed by atoms with van der Waals surface area (Å²) in [6.45, 7) is 4.47. The van der Waals surface area contributed by atoms with Crippen LogP contribution in [0.5, 0.6) is 11.5 Å². The van der Waals surface area contributed by atoms with Crippen LogP contribution in [0, 0.1) is 5.41 Å². The zero-order valence-electron chi connectivity index (χ0n) is 23.2. The minimum absolute atomic E-state index is 0.0179. The third-order valence-electron chi connectivity index (χ3n) is 7.39. The van der Waals surface area contributed by atoms with E-state index in [-0.39, 0.29) is 16.9 Å². The number of ether oxygens (including phenoxy) is 1. The molecular formula is C33H30ClN3O4S. The molecule has 0 saturated carbocycles. The standard InChI is InChI=1S/C33H30ClN3O4S/c1-33(2)18-25-31(42(40)20-33)30(22-14-15-28(23(34)17-22)41-19-21-9-4-3-5-10-21)37(32(39)24-11-6-7-16-35-24)26-12-8-13-27(38)29(26)36-25/h3-17,30,36,38H,18-20H2,1-2H3. The molecule has 1 amide bonds. The van der Waals surface area contributed by atoms with Crippen molar-refractivity contribution in [1.29, 1.82) is 0 Å². The number of anilines is 2. The Bertz CT molecular complexity index is 1710. The molecule has 2 N–H and O–H groups in total. The minimum Gasteiger partial charge on any atom is -0.506 e. The van der Waals surface area contributed by atoms with E-state index in [1.54, 1.807) is 59.6 Å². The van der Waals surface area contributed by atoms with Gasteiger partial charge in [0.15, 0.2) is 0 Å². The predicted octanol–water partition coefficient (Wildman–Crippen LogP) is 7.22. The summed E-state index contributed by atoms with van der Waals surface area (Å²) >= 11 is 6.79. The number of fused-ring (bicyclic) bond motifs is 1. The van der Waals surface area contributed by atoms with Crippen molar-refractivity contribution < 1.29 is 18.8 Å². The van der Waals surface area contributed by atoms with E-state index in [9.17, 15) is 14.1 Å². The molecule has 2 aliphatic heterocycles. The number of halogens is 1. The van der Waals surface area contributed by atoms with Crippen molar-refractivity contribution in [2.24, 2.45) is 5.41 Å². The highest BCUT2D eigenvalue weighted by molar-refractivity contribution is 7.89. The van der Waals surface area contributed by atoms with Gasteiger partial charge in [0.05, 0.1) is 32.5 Å². The Labute approximate surface area is 252 Å². The first-order valence-corrected chi connectivity index (χ1v) is 15.3. The number of phenols is 1. The van der Waals surface area contributed by atoms with E-state index in [0.717, 1.165) is 5.56 Å². The van der Waals surface area contributed by atoms with Gasteiger partial charge in [-0.3, -0.25) is 18.9 Å². The molecule has 42 heavy (non-hydrogen) atoms. The van der Waals surface area contributed by atoms with Gasteiger partial charge in [-0.25, -0.2) is 0 Å². The second kappa shape index (κ2) is 11.3. The number of carbonyl (C=O) groups is 1. The number of amides is 1. The van der Waals surface area contributed by atoms with Gasteiger partial charge in [-0.05, 0) is 59.4 Å². The highest BCUT2D eigenvalue weighted by Gasteiger charge is 2.44. The number of nitrogens with zero attached hydrogens (tertiary/aromatic N) is 2. The number of benzene rings is 3. The summed E-state index contributed by atoms with van der Waals surface area (Å²) in [5.74, 6) is 0.502. The fraction of sp³-hybridized carbons (Fsp3) is 0.212. The second-order valence-electron chi connectivity index (χ2n) is 11.2. The maximum Gasteiger partial charge on any atom is 0.277 e. The quantitative estimate of drug-likeness (QED) is 0.235. The molecule has 0 radical (unpaired) electrons. The first-order chi connectivity index (χ1) is 20.2. The molecule has 214 valence electrons. The van der Waals surface area contributed by atoms with E-state index in [1.165, 1.54) is 0 Å². The SMILES string of the molecule is CC1(C)CC2=C(C(c3ccc(OCc4ccccc4)c(Cl)c3)N(C(=O)c3ccccn3)c3cccc(O)c3N2)S(=O)C1. The average Bonchev–Trinajstić information content (AvgIpc) is 3.12. The number of rotatable bonds is 5. The molecule has 0 aliphatic carbocycles. The predicted molar refractivity (Wildman–Crippen MR) is 166 cm³/mol. The maximum absolute atomic E-state index is 14.3. The number of carbonyl (C=O) groups excluding carboxylic acids is 1. The lowest BCUT2D eigenvalue weighted by Gasteiger charge is -2.37. The monoisotopic (exact) mass is 599 g/mol. The first-order valence-electron chi connectivity index (χ1n) is 13.6. The molecule has 3 aromatic carbocycles. The highest BCUT2D eigenvalue weighted by atomic mass is 35.5. The van der Waals surface area contributed by atoms with Crippen molar-refractivity contribution in [3.8, 4) is 11.5 Å². The Hall–Kier alpha value is -4.14. The van der Waals surface area contributed by atoms with Crippen molar-refractivity contribution in [1.82, 2.24) is 4.98 Å². The van der Waals surface area contributed by atoms with Crippen LogP contribution in [0.3, 0.4) is 0 Å². The molecule has 0 fully saturated rings. The number of aromatic hydroxyl groups is 1. The largest absolute Gasteiger partial charge is 0.506 e. The lowest BCUT2D eigenvalue weighted by Crippen LogP contribution is -2.39. The number of nitrogens with one attached hydrogen (secondary N) is 1. The molecule has 1 aromatic heterocycles. The summed E-state index contributed by atoms with van der Waals surface area (Å²) in [6.07, 6.45) is 2.14. The van der Waals surface area contributed by atoms with Crippen LogP contribution in [0.2, 0.25) is 5.02 Å². The van der Waals surface area contributed by atoms with Crippen LogP contribution in [0.25, 0.3) is 0 Å². The van der Waals surface area contributed by atoms with Crippen LogP contribution >= 0.6 is 11.6 Å². The lowest BCUT2D eigenvalue weighted by molar-refractivity contribution is 0.0976. The average molecular weight is 600 g/mol. The van der Waals surface area contributed by atoms with Gasteiger partial charge in [-0.2, -0.15) is 0 Å². The second-order valence-corrected chi connectivity index (χ2v) is 13.1. The number of aromatic nitrogens is 1. The van der Waals surface area contributed by atoms with Crippen LogP contribution in [0.1, 0.15) is 47.9 Å². The molecular weight excluding hydrogens is 570 g/mol. The van der Waals surface area contributed by atoms with Crippen LogP contribution < -0.4 is 15.0 Å². The first kappa shape index (κ1) is 28.0. The Morgan fingerprint density at radius 3 is 2.62 bits per heavy atom. The summed E-state index contributed by atoms with van der Waals surface area (Å²) in [6, 6.07) is 24.5. The number of para-hydroxylation sites is 1. The summed E-state index contributed by atoms with van der Waals surface area (Å²) < 4.78 is 20.1. The Balaban J connectivity index is 1.52. The topological polar surface area (TPSA) is 91.8 Å². The molecule has 2 atom stereocenters. The molecule has 2 unspecified atom stereocenters. The van der Waals surface area contributed by atoms with Crippen molar-refractivity contribution in [3.05, 3.63) is 124 Å². The van der Waals surface area contributed by atoms with Gasteiger partial charge in [0, 0.05) is 17.6 Å². The van der Waals surface area contributed by atoms with Crippen molar-refractivity contribution in [2.75, 3.05) is 16.0 Å². The van der Waals surface area contributed by atoms with Crippen molar-refractivity contribution in [2.45, 2.75) is 32.9 Å². The molecule has 3 heterocycles. The van der Waals surface area contributed by atoms with Gasteiger partial charge in [0.1, 0.15) is 29.5 Å². The van der Waals surface area contributed by atoms with Crippen molar-refractivity contribution in [3.63, 3.8) is 0 Å². The number of allylic oxidation sites excluding steroid dienone is 1. The van der Waals surface area contributed by atoms with Crippen LogP contribution in [0.4, 0.5) is 11.4 Å². The fourth-order valence-electron chi connectivity index (χ4n) is 5.53. The Morgan fingerprint density at radius 2 is 1.88 bits per heavy atom. The summed E-state index contributed by atoms with van der Waals surface area (Å²) in [7, 11) is -1.45. The third-order valence-corrected chi connectivity index (χ3v) is 9.69. The van der Waals surface area contributed by atoms with Gasteiger partial charge in [-0.15, -0.1) is 0 Å². The van der Waals surface area contributed by atoms with E-state index in [0.29, 0.717) is 57.1 Å². The maximum atomic E-state index is 14.3. The van der Waals surface area contributed by atoms with Gasteiger partial charge in [0.2, 0.25) is 0 Å². The molecule has 2 aliphatic rings. The molecule has 9 heteroatoms. The van der Waals surface area contributed by atoms with E-state index in [4.69, 9.17) is 16.3 Å². The fourth-order valence-corrected chi connectivity index (χ4v) is 7.63.